The molecule has 0 fully saturated rings. The third-order valence-electron chi connectivity index (χ3n) is 1.31. The largest absolute Gasteiger partial charge is 0.364 e. The first-order valence-corrected chi connectivity index (χ1v) is 5.68. The van der Waals surface area contributed by atoms with E-state index in [0.29, 0.717) is 9.99 Å². The van der Waals surface area contributed by atoms with Crippen LogP contribution >= 0.6 is 39.5 Å². The van der Waals surface area contributed by atoms with Crippen molar-refractivity contribution in [2.75, 3.05) is 7.05 Å². The number of hydrogen-bond acceptors (Lipinski definition) is 3. The number of rotatable bonds is 1. The van der Waals surface area contributed by atoms with Crippen molar-refractivity contribution in [3.63, 3.8) is 0 Å². The van der Waals surface area contributed by atoms with Crippen molar-refractivity contribution in [3.05, 3.63) is 20.8 Å². The maximum Gasteiger partial charge on any atom is 0.279 e. The highest BCUT2D eigenvalue weighted by Gasteiger charge is 2.07. The fourth-order valence-corrected chi connectivity index (χ4v) is 2.01. The van der Waals surface area contributed by atoms with Crippen molar-refractivity contribution < 1.29 is 4.79 Å². The van der Waals surface area contributed by atoms with Gasteiger partial charge in [0.15, 0.2) is 5.11 Å². The summed E-state index contributed by atoms with van der Waals surface area (Å²) in [5.74, 6) is -0.210. The van der Waals surface area contributed by atoms with E-state index in [-0.39, 0.29) is 5.91 Å². The van der Waals surface area contributed by atoms with E-state index in [2.05, 4.69) is 32.1 Å². The van der Waals surface area contributed by atoms with Gasteiger partial charge in [-0.15, -0.1) is 11.3 Å². The van der Waals surface area contributed by atoms with E-state index in [1.165, 1.54) is 11.3 Å². The number of nitrogens with one attached hydrogen (secondary N) is 3. The molecule has 1 heterocycles. The number of hydrogen-bond donors (Lipinski definition) is 3. The Kier molecular flexibility index (Phi) is 4.30. The van der Waals surface area contributed by atoms with Crippen molar-refractivity contribution >= 4 is 50.5 Å². The minimum Gasteiger partial charge on any atom is -0.364 e. The molecular weight excluding hydrogens is 286 g/mol. The highest BCUT2D eigenvalue weighted by atomic mass is 79.9. The van der Waals surface area contributed by atoms with Gasteiger partial charge in [0.05, 0.1) is 8.66 Å². The highest BCUT2D eigenvalue weighted by molar-refractivity contribution is 9.11. The van der Waals surface area contributed by atoms with Gasteiger partial charge in [0.25, 0.3) is 5.91 Å². The molecule has 0 atom stereocenters. The molecule has 4 nitrogen and oxygen atoms in total. The predicted octanol–water partition coefficient (Wildman–Crippen LogP) is 1.25. The number of halogens is 1. The Labute approximate surface area is 99.2 Å². The maximum absolute atomic E-state index is 11.4. The van der Waals surface area contributed by atoms with Gasteiger partial charge in [-0.3, -0.25) is 15.6 Å². The molecule has 76 valence electrons. The summed E-state index contributed by atoms with van der Waals surface area (Å²) in [5, 5.41) is 3.05. The average Bonchev–Trinajstić information content (AvgIpc) is 2.60. The van der Waals surface area contributed by atoms with Crippen LogP contribution in [0.2, 0.25) is 0 Å². The summed E-state index contributed by atoms with van der Waals surface area (Å²) >= 11 is 9.42. The van der Waals surface area contributed by atoms with E-state index in [4.69, 9.17) is 12.2 Å². The summed E-state index contributed by atoms with van der Waals surface area (Å²) < 4.78 is 0.916. The molecule has 0 aromatic carbocycles. The Hall–Kier alpha value is -0.660. The van der Waals surface area contributed by atoms with Gasteiger partial charge in [-0.2, -0.15) is 0 Å². The second-order valence-corrected chi connectivity index (χ2v) is 5.13. The zero-order valence-corrected chi connectivity index (χ0v) is 10.5. The smallest absolute Gasteiger partial charge is 0.279 e. The molecular formula is C7H8BrN3OS2. The van der Waals surface area contributed by atoms with Crippen LogP contribution < -0.4 is 16.2 Å². The Morgan fingerprint density at radius 2 is 2.21 bits per heavy atom. The average molecular weight is 294 g/mol. The highest BCUT2D eigenvalue weighted by Crippen LogP contribution is 2.21. The predicted molar refractivity (Wildman–Crippen MR) is 64.3 cm³/mol. The van der Waals surface area contributed by atoms with E-state index in [0.717, 1.165) is 3.79 Å². The van der Waals surface area contributed by atoms with Crippen LogP contribution in [0.25, 0.3) is 0 Å². The minimum atomic E-state index is -0.210. The van der Waals surface area contributed by atoms with Crippen molar-refractivity contribution in [1.82, 2.24) is 16.2 Å². The van der Waals surface area contributed by atoms with Crippen molar-refractivity contribution in [3.8, 4) is 0 Å². The van der Waals surface area contributed by atoms with Gasteiger partial charge in [-0.1, -0.05) is 0 Å². The Morgan fingerprint density at radius 3 is 2.71 bits per heavy atom. The van der Waals surface area contributed by atoms with Gasteiger partial charge in [0.1, 0.15) is 0 Å². The van der Waals surface area contributed by atoms with Gasteiger partial charge in [0, 0.05) is 7.05 Å². The Bertz CT molecular complexity index is 352. The maximum atomic E-state index is 11.4. The van der Waals surface area contributed by atoms with E-state index in [9.17, 15) is 4.79 Å². The normalized spacial score (nSPS) is 9.29. The molecule has 0 unspecified atom stereocenters. The van der Waals surface area contributed by atoms with E-state index < -0.39 is 0 Å². The van der Waals surface area contributed by atoms with E-state index >= 15 is 0 Å². The second kappa shape index (κ2) is 5.28. The van der Waals surface area contributed by atoms with Crippen LogP contribution in [0, 0.1) is 0 Å². The van der Waals surface area contributed by atoms with E-state index in [1.807, 2.05) is 6.07 Å². The van der Waals surface area contributed by atoms with E-state index in [1.54, 1.807) is 13.1 Å². The summed E-state index contributed by atoms with van der Waals surface area (Å²) in [4.78, 5) is 12.0. The third kappa shape index (κ3) is 3.24. The van der Waals surface area contributed by atoms with Gasteiger partial charge in [-0.05, 0) is 40.3 Å². The number of thiocarbonyl (C=S) groups is 1. The zero-order chi connectivity index (χ0) is 10.6. The number of carbonyl (C=O) groups excluding carboxylic acids is 1. The van der Waals surface area contributed by atoms with Crippen LogP contribution in [0.3, 0.4) is 0 Å². The summed E-state index contributed by atoms with van der Waals surface area (Å²) in [6.07, 6.45) is 0. The van der Waals surface area contributed by atoms with Crippen LogP contribution in [-0.4, -0.2) is 18.1 Å². The molecule has 0 saturated heterocycles. The molecule has 1 aromatic heterocycles. The quantitative estimate of drug-likeness (QED) is 0.539. The van der Waals surface area contributed by atoms with Crippen LogP contribution in [0.4, 0.5) is 0 Å². The second-order valence-electron chi connectivity index (χ2n) is 2.26. The molecule has 0 bridgehead atoms. The number of carbonyl (C=O) groups is 1. The lowest BCUT2D eigenvalue weighted by Gasteiger charge is -2.06. The lowest BCUT2D eigenvalue weighted by atomic mass is 10.4. The molecule has 0 aliphatic carbocycles. The van der Waals surface area contributed by atoms with Crippen LogP contribution in [-0.2, 0) is 0 Å². The fourth-order valence-electron chi connectivity index (χ4n) is 0.674. The number of amides is 1. The first-order valence-electron chi connectivity index (χ1n) is 3.67. The SMILES string of the molecule is CNC(=S)NNC(=O)c1ccc(Br)s1. The van der Waals surface area contributed by atoms with Gasteiger partial charge in [-0.25, -0.2) is 0 Å². The molecule has 7 heteroatoms. The molecule has 1 rings (SSSR count). The number of thiophene rings is 1. The first kappa shape index (κ1) is 11.4. The van der Waals surface area contributed by atoms with Crippen molar-refractivity contribution in [2.24, 2.45) is 0 Å². The van der Waals surface area contributed by atoms with Crippen molar-refractivity contribution in [1.29, 1.82) is 0 Å². The lowest BCUT2D eigenvalue weighted by molar-refractivity contribution is 0.0948. The summed E-state index contributed by atoms with van der Waals surface area (Å²) in [6, 6.07) is 3.55. The molecule has 14 heavy (non-hydrogen) atoms. The van der Waals surface area contributed by atoms with Crippen LogP contribution in [0.5, 0.6) is 0 Å². The molecule has 0 spiro atoms. The standard InChI is InChI=1S/C7H8BrN3OS2/c1-9-7(13)11-10-6(12)4-2-3-5(8)14-4/h2-3H,1H3,(H,10,12)(H2,9,11,13). The van der Waals surface area contributed by atoms with Gasteiger partial charge in [0.2, 0.25) is 0 Å². The van der Waals surface area contributed by atoms with Crippen LogP contribution in [0.15, 0.2) is 15.9 Å². The molecule has 0 saturated carbocycles. The number of hydrazine groups is 1. The summed E-state index contributed by atoms with van der Waals surface area (Å²) in [6.45, 7) is 0. The fraction of sp³-hybridized carbons (Fsp3) is 0.143. The molecule has 1 aromatic rings. The third-order valence-corrected chi connectivity index (χ3v) is 3.24. The molecule has 0 radical (unpaired) electrons. The zero-order valence-electron chi connectivity index (χ0n) is 7.26. The molecule has 1 amide bonds. The minimum absolute atomic E-state index is 0.210. The molecule has 0 aliphatic rings. The summed E-state index contributed by atoms with van der Waals surface area (Å²) in [7, 11) is 1.67. The van der Waals surface area contributed by atoms with Gasteiger partial charge < -0.3 is 5.32 Å². The molecule has 3 N–H and O–H groups in total. The van der Waals surface area contributed by atoms with Crippen molar-refractivity contribution in [2.45, 2.75) is 0 Å². The van der Waals surface area contributed by atoms with Crippen LogP contribution in [0.1, 0.15) is 9.67 Å². The lowest BCUT2D eigenvalue weighted by Crippen LogP contribution is -2.45. The monoisotopic (exact) mass is 293 g/mol. The summed E-state index contributed by atoms with van der Waals surface area (Å²) in [5.41, 5.74) is 5.01. The Morgan fingerprint density at radius 1 is 1.50 bits per heavy atom. The molecule has 0 aliphatic heterocycles. The Balaban J connectivity index is 2.47. The first-order chi connectivity index (χ1) is 6.63. The topological polar surface area (TPSA) is 53.2 Å². The van der Waals surface area contributed by atoms with Gasteiger partial charge >= 0.3 is 0 Å².